The van der Waals surface area contributed by atoms with Crippen LogP contribution in [-0.4, -0.2) is 53.8 Å². The number of piperidine rings is 1. The van der Waals surface area contributed by atoms with Crippen LogP contribution in [0.2, 0.25) is 0 Å². The van der Waals surface area contributed by atoms with Gasteiger partial charge in [0, 0.05) is 12.3 Å². The van der Waals surface area contributed by atoms with Gasteiger partial charge in [0.2, 0.25) is 0 Å². The van der Waals surface area contributed by atoms with Gasteiger partial charge in [-0.05, 0) is 57.5 Å². The molecule has 2 N–H and O–H groups in total. The van der Waals surface area contributed by atoms with Crippen LogP contribution in [-0.2, 0) is 16.1 Å². The zero-order valence-corrected chi connectivity index (χ0v) is 17.8. The number of anilines is 1. The Bertz CT molecular complexity index is 777. The van der Waals surface area contributed by atoms with Crippen molar-refractivity contribution in [1.29, 1.82) is 0 Å². The molecule has 0 spiro atoms. The van der Waals surface area contributed by atoms with Crippen molar-refractivity contribution in [2.75, 3.05) is 38.2 Å². The molecule has 1 amide bonds. The summed E-state index contributed by atoms with van der Waals surface area (Å²) in [5, 5.41) is 14.6. The number of nitrogens with one attached hydrogen (secondary N) is 2. The van der Waals surface area contributed by atoms with Gasteiger partial charge in [-0.1, -0.05) is 17.3 Å². The van der Waals surface area contributed by atoms with Crippen LogP contribution in [0.5, 0.6) is 0 Å². The molecule has 0 aliphatic carbocycles. The third kappa shape index (κ3) is 6.50. The molecule has 1 aliphatic heterocycles. The first kappa shape index (κ1) is 23.3. The zero-order valence-electron chi connectivity index (χ0n) is 17.0. The molecule has 1 aliphatic rings. The Morgan fingerprint density at radius 3 is 2.79 bits per heavy atom. The SMILES string of the molecule is CCOCCOCc1cccc(NC(=O)c2nnn(C3CCNCC3)c2C)c1.Cl. The predicted molar refractivity (Wildman–Crippen MR) is 114 cm³/mol. The summed E-state index contributed by atoms with van der Waals surface area (Å²) in [6, 6.07) is 7.93. The Labute approximate surface area is 177 Å². The van der Waals surface area contributed by atoms with Crippen molar-refractivity contribution in [3.8, 4) is 0 Å². The molecule has 8 nitrogen and oxygen atoms in total. The molecule has 29 heavy (non-hydrogen) atoms. The van der Waals surface area contributed by atoms with Gasteiger partial charge < -0.3 is 20.1 Å². The van der Waals surface area contributed by atoms with Gasteiger partial charge in [0.1, 0.15) is 0 Å². The Kier molecular flexibility index (Phi) is 9.53. The maximum atomic E-state index is 12.7. The van der Waals surface area contributed by atoms with Gasteiger partial charge in [-0.15, -0.1) is 17.5 Å². The number of benzene rings is 1. The lowest BCUT2D eigenvalue weighted by molar-refractivity contribution is 0.0453. The first-order valence-corrected chi connectivity index (χ1v) is 9.87. The summed E-state index contributed by atoms with van der Waals surface area (Å²) in [6.07, 6.45) is 1.99. The average Bonchev–Trinajstić information content (AvgIpc) is 3.10. The number of rotatable bonds is 9. The maximum Gasteiger partial charge on any atom is 0.278 e. The number of hydrogen-bond donors (Lipinski definition) is 2. The van der Waals surface area contributed by atoms with E-state index in [1.54, 1.807) is 0 Å². The second-order valence-corrected chi connectivity index (χ2v) is 6.85. The molecule has 1 aromatic heterocycles. The summed E-state index contributed by atoms with van der Waals surface area (Å²) in [6.45, 7) is 8.07. The van der Waals surface area contributed by atoms with E-state index in [9.17, 15) is 4.79 Å². The highest BCUT2D eigenvalue weighted by Gasteiger charge is 2.23. The van der Waals surface area contributed by atoms with Crippen LogP contribution >= 0.6 is 12.4 Å². The molecule has 0 atom stereocenters. The largest absolute Gasteiger partial charge is 0.379 e. The van der Waals surface area contributed by atoms with Crippen molar-refractivity contribution in [2.24, 2.45) is 0 Å². The van der Waals surface area contributed by atoms with E-state index in [2.05, 4.69) is 20.9 Å². The molecule has 2 heterocycles. The van der Waals surface area contributed by atoms with Gasteiger partial charge in [-0.2, -0.15) is 0 Å². The molecule has 0 saturated carbocycles. The number of hydrogen-bond acceptors (Lipinski definition) is 6. The Balaban J connectivity index is 0.00000300. The molecule has 160 valence electrons. The van der Waals surface area contributed by atoms with Crippen molar-refractivity contribution >= 4 is 24.0 Å². The van der Waals surface area contributed by atoms with Gasteiger partial charge in [-0.3, -0.25) is 4.79 Å². The fourth-order valence-corrected chi connectivity index (χ4v) is 3.33. The Morgan fingerprint density at radius 1 is 1.28 bits per heavy atom. The number of carbonyl (C=O) groups is 1. The van der Waals surface area contributed by atoms with Crippen molar-refractivity contribution in [1.82, 2.24) is 20.3 Å². The standard InChI is InChI=1S/C20H29N5O3.ClH/c1-3-27-11-12-28-14-16-5-4-6-17(13-16)22-20(26)19-15(2)25(24-23-19)18-7-9-21-10-8-18;/h4-6,13,18,21H,3,7-12,14H2,1-2H3,(H,22,26);1H. The van der Waals surface area contributed by atoms with Crippen LogP contribution in [0.4, 0.5) is 5.69 Å². The first-order chi connectivity index (χ1) is 13.7. The number of ether oxygens (including phenoxy) is 2. The van der Waals surface area contributed by atoms with E-state index in [-0.39, 0.29) is 18.3 Å². The van der Waals surface area contributed by atoms with E-state index in [4.69, 9.17) is 9.47 Å². The quantitative estimate of drug-likeness (QED) is 0.603. The molecule has 3 rings (SSSR count). The van der Waals surface area contributed by atoms with Gasteiger partial charge in [0.15, 0.2) is 5.69 Å². The summed E-state index contributed by atoms with van der Waals surface area (Å²) in [4.78, 5) is 12.7. The van der Waals surface area contributed by atoms with Crippen molar-refractivity contribution in [3.05, 3.63) is 41.2 Å². The van der Waals surface area contributed by atoms with Gasteiger partial charge in [0.25, 0.3) is 5.91 Å². The first-order valence-electron chi connectivity index (χ1n) is 9.87. The number of amides is 1. The number of nitrogens with zero attached hydrogens (tertiary/aromatic N) is 3. The summed E-state index contributed by atoms with van der Waals surface area (Å²) in [5.74, 6) is -0.243. The minimum atomic E-state index is -0.243. The molecule has 1 saturated heterocycles. The van der Waals surface area contributed by atoms with Gasteiger partial charge in [0.05, 0.1) is 31.6 Å². The number of carbonyl (C=O) groups excluding carboxylic acids is 1. The molecular formula is C20H30ClN5O3. The molecular weight excluding hydrogens is 394 g/mol. The molecule has 1 aromatic carbocycles. The van der Waals surface area contributed by atoms with Crippen LogP contribution in [0, 0.1) is 6.92 Å². The molecule has 9 heteroatoms. The monoisotopic (exact) mass is 423 g/mol. The fraction of sp³-hybridized carbons (Fsp3) is 0.550. The summed E-state index contributed by atoms with van der Waals surface area (Å²) < 4.78 is 12.7. The molecule has 0 bridgehead atoms. The van der Waals surface area contributed by atoms with Crippen LogP contribution in [0.1, 0.15) is 47.6 Å². The highest BCUT2D eigenvalue weighted by molar-refractivity contribution is 6.03. The van der Waals surface area contributed by atoms with Crippen LogP contribution in [0.15, 0.2) is 24.3 Å². The van der Waals surface area contributed by atoms with E-state index in [0.29, 0.717) is 43.9 Å². The Hall–Kier alpha value is -2.00. The third-order valence-corrected chi connectivity index (χ3v) is 4.83. The van der Waals surface area contributed by atoms with Crippen molar-refractivity contribution < 1.29 is 14.3 Å². The second-order valence-electron chi connectivity index (χ2n) is 6.85. The number of aromatic nitrogens is 3. The maximum absolute atomic E-state index is 12.7. The lowest BCUT2D eigenvalue weighted by Gasteiger charge is -2.23. The van der Waals surface area contributed by atoms with E-state index in [1.165, 1.54) is 0 Å². The average molecular weight is 424 g/mol. The fourth-order valence-electron chi connectivity index (χ4n) is 3.33. The highest BCUT2D eigenvalue weighted by Crippen LogP contribution is 2.21. The molecule has 0 radical (unpaired) electrons. The van der Waals surface area contributed by atoms with Crippen molar-refractivity contribution in [2.45, 2.75) is 39.3 Å². The predicted octanol–water partition coefficient (Wildman–Crippen LogP) is 2.74. The summed E-state index contributed by atoms with van der Waals surface area (Å²) in [7, 11) is 0. The number of halogens is 1. The molecule has 1 fully saturated rings. The smallest absolute Gasteiger partial charge is 0.278 e. The van der Waals surface area contributed by atoms with Gasteiger partial charge in [-0.25, -0.2) is 4.68 Å². The lowest BCUT2D eigenvalue weighted by Crippen LogP contribution is -2.30. The highest BCUT2D eigenvalue weighted by atomic mass is 35.5. The van der Waals surface area contributed by atoms with E-state index >= 15 is 0 Å². The van der Waals surface area contributed by atoms with Gasteiger partial charge >= 0.3 is 0 Å². The van der Waals surface area contributed by atoms with E-state index in [1.807, 2.05) is 42.8 Å². The van der Waals surface area contributed by atoms with E-state index in [0.717, 1.165) is 37.2 Å². The second kappa shape index (κ2) is 11.9. The molecule has 0 unspecified atom stereocenters. The van der Waals surface area contributed by atoms with Crippen molar-refractivity contribution in [3.63, 3.8) is 0 Å². The van der Waals surface area contributed by atoms with Crippen LogP contribution in [0.3, 0.4) is 0 Å². The normalized spacial score (nSPS) is 14.4. The summed E-state index contributed by atoms with van der Waals surface area (Å²) in [5.41, 5.74) is 2.88. The Morgan fingerprint density at radius 2 is 2.03 bits per heavy atom. The minimum Gasteiger partial charge on any atom is -0.379 e. The van der Waals surface area contributed by atoms with Crippen LogP contribution in [0.25, 0.3) is 0 Å². The summed E-state index contributed by atoms with van der Waals surface area (Å²) >= 11 is 0. The van der Waals surface area contributed by atoms with Crippen LogP contribution < -0.4 is 10.6 Å². The zero-order chi connectivity index (χ0) is 19.8. The molecule has 2 aromatic rings. The lowest BCUT2D eigenvalue weighted by atomic mass is 10.1. The third-order valence-electron chi connectivity index (χ3n) is 4.83. The topological polar surface area (TPSA) is 90.3 Å². The minimum absolute atomic E-state index is 0. The van der Waals surface area contributed by atoms with E-state index < -0.39 is 0 Å².